The van der Waals surface area contributed by atoms with Crippen molar-refractivity contribution in [3.8, 4) is 0 Å². The minimum Gasteiger partial charge on any atom is -0.274 e. The Hall–Kier alpha value is -0.510. The molecule has 2 amide bonds. The number of rotatable bonds is 1. The van der Waals surface area contributed by atoms with Gasteiger partial charge in [0.1, 0.15) is 0 Å². The number of hydrogen-bond donors (Lipinski definition) is 1. The Balaban J connectivity index is 2.80. The maximum absolute atomic E-state index is 11.2. The average Bonchev–Trinajstić information content (AvgIpc) is 2.07. The topological polar surface area (TPSA) is 37.4 Å². The lowest BCUT2D eigenvalue weighted by molar-refractivity contribution is -0.139. The summed E-state index contributed by atoms with van der Waals surface area (Å²) in [7, 11) is 0. The van der Waals surface area contributed by atoms with Crippen LogP contribution in [0.5, 0.6) is 0 Å². The lowest BCUT2D eigenvalue weighted by Crippen LogP contribution is -2.35. The predicted molar refractivity (Wildman–Crippen MR) is 44.1 cm³/mol. The number of likely N-dealkylation sites (tertiary alicyclic amines) is 1. The molecule has 2 unspecified atom stereocenters. The molecule has 0 spiro atoms. The summed E-state index contributed by atoms with van der Waals surface area (Å²) in [4.78, 5) is 23.5. The summed E-state index contributed by atoms with van der Waals surface area (Å²) in [6.45, 7) is 3.48. The van der Waals surface area contributed by atoms with E-state index >= 15 is 0 Å². The van der Waals surface area contributed by atoms with E-state index in [0.29, 0.717) is 6.42 Å². The SMILES string of the molecule is CC1CC(=O)N(C(C)S)C1=O. The van der Waals surface area contributed by atoms with Gasteiger partial charge in [0.05, 0.1) is 5.37 Å². The van der Waals surface area contributed by atoms with Gasteiger partial charge in [0, 0.05) is 12.3 Å². The Morgan fingerprint density at radius 1 is 1.64 bits per heavy atom. The van der Waals surface area contributed by atoms with Crippen molar-refractivity contribution in [2.75, 3.05) is 0 Å². The molecule has 0 saturated carbocycles. The molecule has 1 aliphatic heterocycles. The molecule has 11 heavy (non-hydrogen) atoms. The van der Waals surface area contributed by atoms with Crippen LogP contribution in [0.15, 0.2) is 0 Å². The van der Waals surface area contributed by atoms with E-state index < -0.39 is 0 Å². The highest BCUT2D eigenvalue weighted by atomic mass is 32.1. The molecule has 0 N–H and O–H groups in total. The fourth-order valence-corrected chi connectivity index (χ4v) is 1.44. The van der Waals surface area contributed by atoms with Crippen molar-refractivity contribution in [2.45, 2.75) is 25.6 Å². The van der Waals surface area contributed by atoms with Crippen LogP contribution in [-0.4, -0.2) is 22.1 Å². The van der Waals surface area contributed by atoms with Crippen molar-refractivity contribution >= 4 is 24.4 Å². The molecular formula is C7H11NO2S. The van der Waals surface area contributed by atoms with Gasteiger partial charge in [-0.2, -0.15) is 12.6 Å². The van der Waals surface area contributed by atoms with Gasteiger partial charge in [-0.3, -0.25) is 14.5 Å². The van der Waals surface area contributed by atoms with Gasteiger partial charge < -0.3 is 0 Å². The van der Waals surface area contributed by atoms with E-state index in [-0.39, 0.29) is 23.1 Å². The van der Waals surface area contributed by atoms with Gasteiger partial charge in [0.25, 0.3) is 0 Å². The highest BCUT2D eigenvalue weighted by Crippen LogP contribution is 2.21. The maximum Gasteiger partial charge on any atom is 0.233 e. The van der Waals surface area contributed by atoms with Gasteiger partial charge >= 0.3 is 0 Å². The van der Waals surface area contributed by atoms with Gasteiger partial charge in [-0.05, 0) is 6.92 Å². The Kier molecular flexibility index (Phi) is 2.23. The van der Waals surface area contributed by atoms with Crippen molar-refractivity contribution in [3.05, 3.63) is 0 Å². The minimum absolute atomic E-state index is 0.0995. The molecule has 1 saturated heterocycles. The molecule has 0 radical (unpaired) electrons. The van der Waals surface area contributed by atoms with E-state index in [0.717, 1.165) is 0 Å². The summed E-state index contributed by atoms with van der Waals surface area (Å²) < 4.78 is 0. The van der Waals surface area contributed by atoms with E-state index in [1.54, 1.807) is 13.8 Å². The third-order valence-electron chi connectivity index (χ3n) is 1.78. The lowest BCUT2D eigenvalue weighted by Gasteiger charge is -2.17. The lowest BCUT2D eigenvalue weighted by atomic mass is 10.1. The first-order valence-electron chi connectivity index (χ1n) is 3.58. The number of nitrogens with zero attached hydrogens (tertiary/aromatic N) is 1. The second kappa shape index (κ2) is 2.85. The van der Waals surface area contributed by atoms with Gasteiger partial charge in [-0.25, -0.2) is 0 Å². The summed E-state index contributed by atoms with van der Waals surface area (Å²) >= 11 is 4.04. The minimum atomic E-state index is -0.292. The average molecular weight is 173 g/mol. The molecule has 4 heteroatoms. The highest BCUT2D eigenvalue weighted by Gasteiger charge is 2.37. The fourth-order valence-electron chi connectivity index (χ4n) is 1.20. The number of carbonyl (C=O) groups excluding carboxylic acids is 2. The zero-order valence-corrected chi connectivity index (χ0v) is 7.47. The molecule has 1 heterocycles. The van der Waals surface area contributed by atoms with Crippen molar-refractivity contribution in [1.82, 2.24) is 4.90 Å². The van der Waals surface area contributed by atoms with Crippen LogP contribution in [0.2, 0.25) is 0 Å². The highest BCUT2D eigenvalue weighted by molar-refractivity contribution is 7.80. The third kappa shape index (κ3) is 1.40. The molecule has 0 aromatic rings. The van der Waals surface area contributed by atoms with Gasteiger partial charge in [-0.15, -0.1) is 0 Å². The first kappa shape index (κ1) is 8.59. The van der Waals surface area contributed by atoms with E-state index in [4.69, 9.17) is 0 Å². The molecule has 1 rings (SSSR count). The van der Waals surface area contributed by atoms with Gasteiger partial charge in [0.2, 0.25) is 11.8 Å². The molecule has 1 aliphatic rings. The monoisotopic (exact) mass is 173 g/mol. The molecule has 62 valence electrons. The summed E-state index contributed by atoms with van der Waals surface area (Å²) in [5.74, 6) is -0.361. The molecule has 0 aliphatic carbocycles. The maximum atomic E-state index is 11.2. The molecule has 0 aromatic heterocycles. The van der Waals surface area contributed by atoms with E-state index in [1.165, 1.54) is 4.90 Å². The van der Waals surface area contributed by atoms with Crippen LogP contribution in [0, 0.1) is 5.92 Å². The number of hydrogen-bond acceptors (Lipinski definition) is 3. The Morgan fingerprint density at radius 2 is 2.18 bits per heavy atom. The second-order valence-electron chi connectivity index (χ2n) is 2.84. The predicted octanol–water partition coefficient (Wildman–Crippen LogP) is 0.657. The van der Waals surface area contributed by atoms with Crippen LogP contribution in [0.1, 0.15) is 20.3 Å². The molecule has 1 fully saturated rings. The smallest absolute Gasteiger partial charge is 0.233 e. The van der Waals surface area contributed by atoms with Crippen LogP contribution in [0.25, 0.3) is 0 Å². The first-order valence-corrected chi connectivity index (χ1v) is 4.09. The summed E-state index contributed by atoms with van der Waals surface area (Å²) in [5, 5.41) is -0.292. The zero-order chi connectivity index (χ0) is 8.59. The molecule has 2 atom stereocenters. The fraction of sp³-hybridized carbons (Fsp3) is 0.714. The van der Waals surface area contributed by atoms with Gasteiger partial charge in [-0.1, -0.05) is 6.92 Å². The molecule has 3 nitrogen and oxygen atoms in total. The van der Waals surface area contributed by atoms with E-state index in [9.17, 15) is 9.59 Å². The molecule has 0 aromatic carbocycles. The second-order valence-corrected chi connectivity index (χ2v) is 3.59. The van der Waals surface area contributed by atoms with E-state index in [1.807, 2.05) is 0 Å². The van der Waals surface area contributed by atoms with Crippen molar-refractivity contribution in [1.29, 1.82) is 0 Å². The Labute approximate surface area is 71.2 Å². The molecule has 0 bridgehead atoms. The van der Waals surface area contributed by atoms with Crippen molar-refractivity contribution < 1.29 is 9.59 Å². The van der Waals surface area contributed by atoms with Crippen LogP contribution in [0.3, 0.4) is 0 Å². The number of thiol groups is 1. The van der Waals surface area contributed by atoms with E-state index in [2.05, 4.69) is 12.6 Å². The van der Waals surface area contributed by atoms with Crippen molar-refractivity contribution in [3.63, 3.8) is 0 Å². The Morgan fingerprint density at radius 3 is 2.36 bits per heavy atom. The molecular weight excluding hydrogens is 162 g/mol. The van der Waals surface area contributed by atoms with Crippen LogP contribution in [-0.2, 0) is 9.59 Å². The number of amides is 2. The number of imide groups is 1. The van der Waals surface area contributed by atoms with Gasteiger partial charge in [0.15, 0.2) is 0 Å². The number of carbonyl (C=O) groups is 2. The summed E-state index contributed by atoms with van der Waals surface area (Å²) in [6, 6.07) is 0. The standard InChI is InChI=1S/C7H11NO2S/c1-4-3-6(9)8(5(2)11)7(4)10/h4-5,11H,3H2,1-2H3. The first-order chi connectivity index (χ1) is 5.04. The van der Waals surface area contributed by atoms with Crippen LogP contribution < -0.4 is 0 Å². The quantitative estimate of drug-likeness (QED) is 0.467. The normalized spacial score (nSPS) is 27.9. The zero-order valence-electron chi connectivity index (χ0n) is 6.57. The van der Waals surface area contributed by atoms with Crippen LogP contribution >= 0.6 is 12.6 Å². The van der Waals surface area contributed by atoms with Crippen molar-refractivity contribution in [2.24, 2.45) is 5.92 Å². The van der Waals surface area contributed by atoms with Crippen LogP contribution in [0.4, 0.5) is 0 Å². The summed E-state index contributed by atoms with van der Waals surface area (Å²) in [6.07, 6.45) is 0.337. The third-order valence-corrected chi connectivity index (χ3v) is 2.01. The summed E-state index contributed by atoms with van der Waals surface area (Å²) in [5.41, 5.74) is 0. The Bertz CT molecular complexity index is 203. The largest absolute Gasteiger partial charge is 0.274 e.